The molecular weight excluding hydrogens is 264 g/mol. The van der Waals surface area contributed by atoms with Gasteiger partial charge in [-0.1, -0.05) is 40.5 Å². The molecule has 2 aliphatic rings. The highest BCUT2D eigenvalue weighted by Gasteiger charge is 2.57. The summed E-state index contributed by atoms with van der Waals surface area (Å²) in [5.74, 6) is 0.778. The molecule has 0 bridgehead atoms. The van der Waals surface area contributed by atoms with Gasteiger partial charge in [0.1, 0.15) is 11.1 Å². The van der Waals surface area contributed by atoms with Crippen LogP contribution in [0.1, 0.15) is 72.6 Å². The maximum absolute atomic E-state index is 13.1. The summed E-state index contributed by atoms with van der Waals surface area (Å²) in [4.78, 5) is 27.9. The lowest BCUT2D eigenvalue weighted by Crippen LogP contribution is -2.75. The Bertz CT molecular complexity index is 407. The van der Waals surface area contributed by atoms with Gasteiger partial charge in [0.25, 0.3) is 0 Å². The van der Waals surface area contributed by atoms with Gasteiger partial charge in [0.2, 0.25) is 11.8 Å². The maximum Gasteiger partial charge on any atom is 0.249 e. The average Bonchev–Trinajstić information content (AvgIpc) is 2.93. The number of hydrogen-bond donors (Lipinski definition) is 1. The Morgan fingerprint density at radius 2 is 1.71 bits per heavy atom. The Hall–Kier alpha value is -1.06. The van der Waals surface area contributed by atoms with Gasteiger partial charge in [-0.05, 0) is 38.0 Å². The van der Waals surface area contributed by atoms with Gasteiger partial charge in [-0.3, -0.25) is 9.59 Å². The van der Waals surface area contributed by atoms with Crippen LogP contribution < -0.4 is 5.32 Å². The lowest BCUT2D eigenvalue weighted by atomic mass is 9.80. The van der Waals surface area contributed by atoms with Crippen molar-refractivity contribution in [1.29, 1.82) is 0 Å². The van der Waals surface area contributed by atoms with Gasteiger partial charge >= 0.3 is 0 Å². The highest BCUT2D eigenvalue weighted by Crippen LogP contribution is 2.41. The number of piperazine rings is 1. The quantitative estimate of drug-likeness (QED) is 0.847. The monoisotopic (exact) mass is 294 g/mol. The van der Waals surface area contributed by atoms with E-state index >= 15 is 0 Å². The molecule has 0 radical (unpaired) electrons. The molecule has 1 saturated carbocycles. The van der Waals surface area contributed by atoms with Crippen molar-refractivity contribution in [2.75, 3.05) is 6.54 Å². The number of carbonyl (C=O) groups excluding carboxylic acids is 2. The molecule has 4 heteroatoms. The summed E-state index contributed by atoms with van der Waals surface area (Å²) < 4.78 is 0. The van der Waals surface area contributed by atoms with Gasteiger partial charge in [-0.15, -0.1) is 0 Å². The van der Waals surface area contributed by atoms with Gasteiger partial charge in [0.05, 0.1) is 0 Å². The molecule has 21 heavy (non-hydrogen) atoms. The minimum absolute atomic E-state index is 0.0899. The Morgan fingerprint density at radius 3 is 2.19 bits per heavy atom. The van der Waals surface area contributed by atoms with E-state index in [4.69, 9.17) is 0 Å². The van der Waals surface area contributed by atoms with Crippen LogP contribution in [0.2, 0.25) is 0 Å². The second-order valence-electron chi connectivity index (χ2n) is 7.12. The highest BCUT2D eigenvalue weighted by atomic mass is 16.2. The summed E-state index contributed by atoms with van der Waals surface area (Å²) in [6.45, 7) is 9.04. The smallest absolute Gasteiger partial charge is 0.249 e. The third kappa shape index (κ3) is 2.58. The first-order valence-electron chi connectivity index (χ1n) is 8.56. The van der Waals surface area contributed by atoms with E-state index in [-0.39, 0.29) is 11.8 Å². The van der Waals surface area contributed by atoms with E-state index in [2.05, 4.69) is 19.2 Å². The molecule has 1 aliphatic heterocycles. The summed E-state index contributed by atoms with van der Waals surface area (Å²) in [7, 11) is 0. The van der Waals surface area contributed by atoms with Crippen LogP contribution in [0.4, 0.5) is 0 Å². The van der Waals surface area contributed by atoms with E-state index < -0.39 is 11.1 Å². The van der Waals surface area contributed by atoms with E-state index in [9.17, 15) is 9.59 Å². The fraction of sp³-hybridized carbons (Fsp3) is 0.882. The molecule has 0 atom stereocenters. The van der Waals surface area contributed by atoms with Crippen LogP contribution in [-0.2, 0) is 9.59 Å². The Labute approximate surface area is 128 Å². The van der Waals surface area contributed by atoms with Crippen molar-refractivity contribution in [3.05, 3.63) is 0 Å². The molecular formula is C17H30N2O2. The highest BCUT2D eigenvalue weighted by molar-refractivity contribution is 6.02. The van der Waals surface area contributed by atoms with Crippen LogP contribution in [0.5, 0.6) is 0 Å². The number of amides is 2. The first-order chi connectivity index (χ1) is 9.92. The number of nitrogens with zero attached hydrogens (tertiary/aromatic N) is 1. The Balaban J connectivity index is 2.34. The Kier molecular flexibility index (Phi) is 4.64. The summed E-state index contributed by atoms with van der Waals surface area (Å²) in [5.41, 5.74) is -1.23. The normalized spacial score (nSPS) is 24.0. The zero-order chi connectivity index (χ0) is 15.7. The number of rotatable bonds is 5. The fourth-order valence-corrected chi connectivity index (χ4v) is 3.85. The fourth-order valence-electron chi connectivity index (χ4n) is 3.85. The van der Waals surface area contributed by atoms with E-state index in [1.165, 1.54) is 0 Å². The third-order valence-corrected chi connectivity index (χ3v) is 5.51. The molecule has 4 nitrogen and oxygen atoms in total. The van der Waals surface area contributed by atoms with Crippen molar-refractivity contribution in [2.45, 2.75) is 83.7 Å². The second kappa shape index (κ2) is 5.98. The molecule has 2 amide bonds. The van der Waals surface area contributed by atoms with Gasteiger partial charge in [0.15, 0.2) is 0 Å². The molecule has 1 saturated heterocycles. The van der Waals surface area contributed by atoms with Crippen molar-refractivity contribution in [3.8, 4) is 0 Å². The second-order valence-corrected chi connectivity index (χ2v) is 7.12. The van der Waals surface area contributed by atoms with Crippen LogP contribution >= 0.6 is 0 Å². The number of hydrogen-bond acceptors (Lipinski definition) is 2. The predicted octanol–water partition coefficient (Wildman–Crippen LogP) is 2.86. The molecule has 0 aromatic rings. The molecule has 1 aliphatic carbocycles. The van der Waals surface area contributed by atoms with Gasteiger partial charge in [0, 0.05) is 6.54 Å². The average molecular weight is 294 g/mol. The van der Waals surface area contributed by atoms with Gasteiger partial charge < -0.3 is 10.2 Å². The van der Waals surface area contributed by atoms with Crippen molar-refractivity contribution in [1.82, 2.24) is 10.2 Å². The minimum atomic E-state index is -0.679. The van der Waals surface area contributed by atoms with Crippen molar-refractivity contribution in [3.63, 3.8) is 0 Å². The molecule has 0 aromatic heterocycles. The molecule has 1 N–H and O–H groups in total. The molecule has 120 valence electrons. The summed E-state index contributed by atoms with van der Waals surface area (Å²) >= 11 is 0. The predicted molar refractivity (Wildman–Crippen MR) is 83.8 cm³/mol. The van der Waals surface area contributed by atoms with E-state index in [1.807, 2.05) is 18.7 Å². The molecule has 2 fully saturated rings. The summed E-state index contributed by atoms with van der Waals surface area (Å²) in [5, 5.41) is 3.10. The van der Waals surface area contributed by atoms with Crippen LogP contribution in [0.3, 0.4) is 0 Å². The zero-order valence-corrected chi connectivity index (χ0v) is 14.0. The summed E-state index contributed by atoms with van der Waals surface area (Å²) in [6, 6.07) is 0. The van der Waals surface area contributed by atoms with E-state index in [0.29, 0.717) is 25.3 Å². The van der Waals surface area contributed by atoms with E-state index in [1.54, 1.807) is 0 Å². The Morgan fingerprint density at radius 1 is 1.14 bits per heavy atom. The first kappa shape index (κ1) is 16.3. The van der Waals surface area contributed by atoms with E-state index in [0.717, 1.165) is 32.1 Å². The van der Waals surface area contributed by atoms with Gasteiger partial charge in [-0.2, -0.15) is 0 Å². The summed E-state index contributed by atoms with van der Waals surface area (Å²) in [6.07, 6.45) is 6.04. The van der Waals surface area contributed by atoms with Crippen LogP contribution in [0.15, 0.2) is 0 Å². The lowest BCUT2D eigenvalue weighted by molar-refractivity contribution is -0.163. The molecule has 0 unspecified atom stereocenters. The largest absolute Gasteiger partial charge is 0.340 e. The van der Waals surface area contributed by atoms with Crippen LogP contribution in [0, 0.1) is 5.92 Å². The molecule has 0 aromatic carbocycles. The number of carbonyl (C=O) groups is 2. The van der Waals surface area contributed by atoms with Crippen LogP contribution in [0.25, 0.3) is 0 Å². The standard InChI is InChI=1S/C17H30N2O2/c1-5-16(6-2)15(21)19(12-9-13(3)4)17(14(20)18-16)10-7-8-11-17/h13H,5-12H2,1-4H3,(H,18,20). The SMILES string of the molecule is CCC1(CC)NC(=O)C2(CCCC2)N(CCC(C)C)C1=O. The van der Waals surface area contributed by atoms with Crippen LogP contribution in [-0.4, -0.2) is 34.3 Å². The molecule has 2 rings (SSSR count). The minimum Gasteiger partial charge on any atom is -0.340 e. The third-order valence-electron chi connectivity index (χ3n) is 5.51. The molecule has 1 heterocycles. The first-order valence-corrected chi connectivity index (χ1v) is 8.56. The number of nitrogens with one attached hydrogen (secondary N) is 1. The van der Waals surface area contributed by atoms with Gasteiger partial charge in [-0.25, -0.2) is 0 Å². The zero-order valence-electron chi connectivity index (χ0n) is 14.0. The lowest BCUT2D eigenvalue weighted by Gasteiger charge is -2.51. The molecule has 1 spiro atoms. The topological polar surface area (TPSA) is 49.4 Å². The van der Waals surface area contributed by atoms with Crippen molar-refractivity contribution >= 4 is 11.8 Å². The van der Waals surface area contributed by atoms with Crippen molar-refractivity contribution in [2.24, 2.45) is 5.92 Å². The maximum atomic E-state index is 13.1. The van der Waals surface area contributed by atoms with Crippen molar-refractivity contribution < 1.29 is 9.59 Å².